The zero-order chi connectivity index (χ0) is 9.14. The van der Waals surface area contributed by atoms with Gasteiger partial charge in [-0.2, -0.15) is 5.26 Å². The summed E-state index contributed by atoms with van der Waals surface area (Å²) in [7, 11) is 0. The Kier molecular flexibility index (Phi) is 1.88. The molecule has 12 heavy (non-hydrogen) atoms. The zero-order valence-corrected chi connectivity index (χ0v) is 5.76. The number of aromatic nitrogens is 1. The molecule has 0 amide bonds. The standard InChI is InChI=1S/C6H3N3O3/c7-3-4-1-2-5(10)6(8-4)9(11)12/h1-2,10H. The van der Waals surface area contributed by atoms with Crippen LogP contribution in [-0.4, -0.2) is 15.0 Å². The molecule has 0 radical (unpaired) electrons. The zero-order valence-electron chi connectivity index (χ0n) is 5.76. The van der Waals surface area contributed by atoms with E-state index in [1.807, 2.05) is 0 Å². The highest BCUT2D eigenvalue weighted by Gasteiger charge is 2.15. The first-order valence-corrected chi connectivity index (χ1v) is 2.89. The predicted octanol–water partition coefficient (Wildman–Crippen LogP) is 0.567. The van der Waals surface area contributed by atoms with Crippen LogP contribution >= 0.6 is 0 Å². The van der Waals surface area contributed by atoms with E-state index in [1.165, 1.54) is 6.07 Å². The van der Waals surface area contributed by atoms with Crippen molar-refractivity contribution in [2.75, 3.05) is 0 Å². The summed E-state index contributed by atoms with van der Waals surface area (Å²) in [4.78, 5) is 12.6. The molecule has 0 aromatic carbocycles. The topological polar surface area (TPSA) is 100 Å². The molecule has 1 N–H and O–H groups in total. The summed E-state index contributed by atoms with van der Waals surface area (Å²) in [6.45, 7) is 0. The number of nitro groups is 1. The van der Waals surface area contributed by atoms with Gasteiger partial charge in [0.2, 0.25) is 5.75 Å². The summed E-state index contributed by atoms with van der Waals surface area (Å²) < 4.78 is 0. The van der Waals surface area contributed by atoms with E-state index in [-0.39, 0.29) is 5.69 Å². The second-order valence-corrected chi connectivity index (χ2v) is 1.91. The van der Waals surface area contributed by atoms with Gasteiger partial charge in [0.05, 0.1) is 0 Å². The van der Waals surface area contributed by atoms with Gasteiger partial charge in [0.15, 0.2) is 0 Å². The molecular formula is C6H3N3O3. The van der Waals surface area contributed by atoms with Crippen LogP contribution in [0, 0.1) is 21.4 Å². The summed E-state index contributed by atoms with van der Waals surface area (Å²) in [5.41, 5.74) is -0.0977. The normalized spacial score (nSPS) is 8.92. The Balaban J connectivity index is 3.28. The Labute approximate surface area is 66.9 Å². The largest absolute Gasteiger partial charge is 0.501 e. The number of nitrogens with zero attached hydrogens (tertiary/aromatic N) is 3. The maximum Gasteiger partial charge on any atom is 0.407 e. The lowest BCUT2D eigenvalue weighted by molar-refractivity contribution is -0.390. The Bertz CT molecular complexity index is 369. The number of rotatable bonds is 1. The van der Waals surface area contributed by atoms with Crippen molar-refractivity contribution in [1.29, 1.82) is 5.26 Å². The Morgan fingerprint density at radius 2 is 2.33 bits per heavy atom. The third-order valence-electron chi connectivity index (χ3n) is 1.14. The van der Waals surface area contributed by atoms with Crippen molar-refractivity contribution in [3.8, 4) is 11.8 Å². The van der Waals surface area contributed by atoms with Gasteiger partial charge in [-0.25, -0.2) is 0 Å². The van der Waals surface area contributed by atoms with E-state index in [9.17, 15) is 10.1 Å². The third-order valence-corrected chi connectivity index (χ3v) is 1.14. The third kappa shape index (κ3) is 1.29. The maximum absolute atomic E-state index is 10.2. The minimum Gasteiger partial charge on any atom is -0.501 e. The van der Waals surface area contributed by atoms with Crippen LogP contribution in [-0.2, 0) is 0 Å². The Morgan fingerprint density at radius 1 is 1.67 bits per heavy atom. The molecule has 0 unspecified atom stereocenters. The minimum absolute atomic E-state index is 0.0977. The molecule has 1 aromatic rings. The van der Waals surface area contributed by atoms with Gasteiger partial charge in [-0.05, 0) is 16.0 Å². The van der Waals surface area contributed by atoms with E-state index in [4.69, 9.17) is 10.4 Å². The van der Waals surface area contributed by atoms with Crippen molar-refractivity contribution in [3.63, 3.8) is 0 Å². The van der Waals surface area contributed by atoms with Crippen LogP contribution in [0.2, 0.25) is 0 Å². The fraction of sp³-hybridized carbons (Fsp3) is 0. The number of aromatic hydroxyl groups is 1. The van der Waals surface area contributed by atoms with Gasteiger partial charge < -0.3 is 15.2 Å². The average molecular weight is 165 g/mol. The first kappa shape index (κ1) is 7.94. The van der Waals surface area contributed by atoms with Crippen molar-refractivity contribution in [2.45, 2.75) is 0 Å². The van der Waals surface area contributed by atoms with E-state index in [1.54, 1.807) is 6.07 Å². The molecule has 0 saturated carbocycles. The smallest absolute Gasteiger partial charge is 0.407 e. The van der Waals surface area contributed by atoms with Crippen LogP contribution in [0.4, 0.5) is 5.82 Å². The van der Waals surface area contributed by atoms with Crippen LogP contribution in [0.3, 0.4) is 0 Å². The van der Waals surface area contributed by atoms with E-state index in [0.717, 1.165) is 6.07 Å². The maximum atomic E-state index is 10.2. The summed E-state index contributed by atoms with van der Waals surface area (Å²) in [6, 6.07) is 3.88. The first-order chi connectivity index (χ1) is 5.65. The van der Waals surface area contributed by atoms with Gasteiger partial charge in [0.1, 0.15) is 6.07 Å². The van der Waals surface area contributed by atoms with Gasteiger partial charge in [-0.1, -0.05) is 0 Å². The first-order valence-electron chi connectivity index (χ1n) is 2.89. The molecule has 1 rings (SSSR count). The van der Waals surface area contributed by atoms with Crippen molar-refractivity contribution < 1.29 is 10.0 Å². The summed E-state index contributed by atoms with van der Waals surface area (Å²) in [5.74, 6) is -1.24. The van der Waals surface area contributed by atoms with Crippen molar-refractivity contribution in [3.05, 3.63) is 27.9 Å². The lowest BCUT2D eigenvalue weighted by atomic mass is 10.3. The highest BCUT2D eigenvalue weighted by molar-refractivity contribution is 5.41. The fourth-order valence-corrected chi connectivity index (χ4v) is 0.638. The van der Waals surface area contributed by atoms with Crippen LogP contribution in [0.5, 0.6) is 5.75 Å². The molecule has 0 aliphatic rings. The summed E-state index contributed by atoms with van der Waals surface area (Å²) in [6.07, 6.45) is 0. The van der Waals surface area contributed by atoms with E-state index >= 15 is 0 Å². The molecule has 0 saturated heterocycles. The number of pyridine rings is 1. The summed E-state index contributed by atoms with van der Waals surface area (Å²) >= 11 is 0. The van der Waals surface area contributed by atoms with Gasteiger partial charge in [-0.15, -0.1) is 0 Å². The second kappa shape index (κ2) is 2.84. The van der Waals surface area contributed by atoms with Crippen molar-refractivity contribution in [2.24, 2.45) is 0 Å². The van der Waals surface area contributed by atoms with Gasteiger partial charge in [0.25, 0.3) is 5.69 Å². The van der Waals surface area contributed by atoms with Crippen LogP contribution in [0.25, 0.3) is 0 Å². The lowest BCUT2D eigenvalue weighted by Gasteiger charge is -1.93. The molecule has 0 atom stereocenters. The van der Waals surface area contributed by atoms with Crippen LogP contribution in [0.1, 0.15) is 5.69 Å². The minimum atomic E-state index is -0.851. The molecule has 60 valence electrons. The molecule has 1 aromatic heterocycles. The van der Waals surface area contributed by atoms with Crippen LogP contribution < -0.4 is 0 Å². The van der Waals surface area contributed by atoms with Crippen LogP contribution in [0.15, 0.2) is 12.1 Å². The van der Waals surface area contributed by atoms with E-state index < -0.39 is 16.5 Å². The predicted molar refractivity (Wildman–Crippen MR) is 37.3 cm³/mol. The number of hydrogen-bond acceptors (Lipinski definition) is 5. The summed E-state index contributed by atoms with van der Waals surface area (Å²) in [5, 5.41) is 27.4. The second-order valence-electron chi connectivity index (χ2n) is 1.91. The number of nitriles is 1. The molecule has 0 spiro atoms. The van der Waals surface area contributed by atoms with Crippen molar-refractivity contribution >= 4 is 5.82 Å². The highest BCUT2D eigenvalue weighted by atomic mass is 16.6. The molecule has 6 nitrogen and oxygen atoms in total. The van der Waals surface area contributed by atoms with E-state index in [0.29, 0.717) is 0 Å². The Morgan fingerprint density at radius 3 is 2.83 bits per heavy atom. The van der Waals surface area contributed by atoms with E-state index in [2.05, 4.69) is 4.98 Å². The van der Waals surface area contributed by atoms with Gasteiger partial charge in [-0.3, -0.25) is 0 Å². The highest BCUT2D eigenvalue weighted by Crippen LogP contribution is 2.21. The van der Waals surface area contributed by atoms with Gasteiger partial charge >= 0.3 is 5.82 Å². The average Bonchev–Trinajstić information content (AvgIpc) is 2.05. The molecule has 6 heteroatoms. The monoisotopic (exact) mass is 165 g/mol. The molecule has 1 heterocycles. The Hall–Kier alpha value is -2.16. The molecule has 0 bridgehead atoms. The molecule has 0 aliphatic carbocycles. The quantitative estimate of drug-likeness (QED) is 0.484. The SMILES string of the molecule is N#Cc1ccc(O)c([N+](=O)[O-])n1. The molecule has 0 aliphatic heterocycles. The number of hydrogen-bond donors (Lipinski definition) is 1. The lowest BCUT2D eigenvalue weighted by Crippen LogP contribution is -1.94. The molecular weight excluding hydrogens is 162 g/mol. The molecule has 0 fully saturated rings. The van der Waals surface area contributed by atoms with Gasteiger partial charge in [0, 0.05) is 6.07 Å². The fourth-order valence-electron chi connectivity index (χ4n) is 0.638. The van der Waals surface area contributed by atoms with Crippen molar-refractivity contribution in [1.82, 2.24) is 4.98 Å².